The molecule has 1 aromatic carbocycles. The molecule has 2 amide bonds. The zero-order valence-corrected chi connectivity index (χ0v) is 21.3. The predicted molar refractivity (Wildman–Crippen MR) is 132 cm³/mol. The summed E-state index contributed by atoms with van der Waals surface area (Å²) in [5.41, 5.74) is 1.36. The second kappa shape index (κ2) is 10.7. The van der Waals surface area contributed by atoms with Gasteiger partial charge in [-0.3, -0.25) is 14.5 Å². The molecule has 1 saturated carbocycles. The molecule has 0 bridgehead atoms. The molecule has 0 radical (unpaired) electrons. The Hall–Kier alpha value is -1.97. The predicted octanol–water partition coefficient (Wildman–Crippen LogP) is 2.52. The van der Waals surface area contributed by atoms with Gasteiger partial charge < -0.3 is 10.2 Å². The Balaban J connectivity index is 1.37. The fraction of sp³-hybridized carbons (Fsp3) is 0.680. The minimum atomic E-state index is -3.55. The lowest BCUT2D eigenvalue weighted by molar-refractivity contribution is -0.125. The summed E-state index contributed by atoms with van der Waals surface area (Å²) in [5, 5.41) is 3.01. The molecule has 4 rings (SSSR count). The summed E-state index contributed by atoms with van der Waals surface area (Å²) in [7, 11) is -1.38. The molecule has 1 aliphatic carbocycles. The SMILES string of the molecule is CC(=O)N1c2ccc(S(=O)(=O)N3CCCC3)cc2C[C@@H]1C(=O)NCCCN(C)C1CCCCC1. The van der Waals surface area contributed by atoms with Crippen LogP contribution in [0.4, 0.5) is 5.69 Å². The third-order valence-electron chi connectivity index (χ3n) is 7.57. The molecule has 1 saturated heterocycles. The Morgan fingerprint density at radius 1 is 1.09 bits per heavy atom. The monoisotopic (exact) mass is 490 g/mol. The lowest BCUT2D eigenvalue weighted by Crippen LogP contribution is -2.47. The van der Waals surface area contributed by atoms with Crippen molar-refractivity contribution in [1.82, 2.24) is 14.5 Å². The Morgan fingerprint density at radius 2 is 1.79 bits per heavy atom. The number of amides is 2. The second-order valence-corrected chi connectivity index (χ2v) is 11.9. The highest BCUT2D eigenvalue weighted by molar-refractivity contribution is 7.89. The molecule has 8 nitrogen and oxygen atoms in total. The summed E-state index contributed by atoms with van der Waals surface area (Å²) in [4.78, 5) is 29.6. The van der Waals surface area contributed by atoms with Crippen LogP contribution in [-0.2, 0) is 26.0 Å². The minimum absolute atomic E-state index is 0.185. The topological polar surface area (TPSA) is 90.0 Å². The number of hydrogen-bond donors (Lipinski definition) is 1. The average Bonchev–Trinajstić information content (AvgIpc) is 3.50. The summed E-state index contributed by atoms with van der Waals surface area (Å²) in [6, 6.07) is 4.88. The van der Waals surface area contributed by atoms with Gasteiger partial charge in [0, 0.05) is 44.7 Å². The fourth-order valence-corrected chi connectivity index (χ4v) is 7.20. The Morgan fingerprint density at radius 3 is 2.47 bits per heavy atom. The van der Waals surface area contributed by atoms with Crippen molar-refractivity contribution in [2.24, 2.45) is 0 Å². The average molecular weight is 491 g/mol. The number of carbonyl (C=O) groups excluding carboxylic acids is 2. The van der Waals surface area contributed by atoms with E-state index in [2.05, 4.69) is 17.3 Å². The van der Waals surface area contributed by atoms with Crippen LogP contribution in [-0.4, -0.2) is 74.7 Å². The van der Waals surface area contributed by atoms with E-state index < -0.39 is 16.1 Å². The van der Waals surface area contributed by atoms with Crippen LogP contribution in [0.25, 0.3) is 0 Å². The third kappa shape index (κ3) is 5.31. The van der Waals surface area contributed by atoms with Crippen LogP contribution in [0.3, 0.4) is 0 Å². The van der Waals surface area contributed by atoms with Gasteiger partial charge in [-0.05, 0) is 69.5 Å². The number of fused-ring (bicyclic) bond motifs is 1. The quantitative estimate of drug-likeness (QED) is 0.566. The molecule has 1 aromatic rings. The highest BCUT2D eigenvalue weighted by Gasteiger charge is 2.38. The lowest BCUT2D eigenvalue weighted by Gasteiger charge is -2.31. The molecule has 0 aromatic heterocycles. The van der Waals surface area contributed by atoms with E-state index in [1.54, 1.807) is 18.2 Å². The maximum absolute atomic E-state index is 13.0. The molecule has 2 aliphatic heterocycles. The number of rotatable bonds is 8. The number of sulfonamides is 1. The molecule has 0 unspecified atom stereocenters. The summed E-state index contributed by atoms with van der Waals surface area (Å²) in [5.74, 6) is -0.401. The van der Waals surface area contributed by atoms with E-state index in [1.807, 2.05) is 0 Å². The molecule has 1 atom stereocenters. The van der Waals surface area contributed by atoms with Gasteiger partial charge in [0.1, 0.15) is 6.04 Å². The van der Waals surface area contributed by atoms with Crippen LogP contribution >= 0.6 is 0 Å². The first-order chi connectivity index (χ1) is 16.3. The van der Waals surface area contributed by atoms with Crippen molar-refractivity contribution in [2.45, 2.75) is 81.7 Å². The summed E-state index contributed by atoms with van der Waals surface area (Å²) in [6.45, 7) is 4.02. The first-order valence-corrected chi connectivity index (χ1v) is 14.1. The first kappa shape index (κ1) is 25.1. The van der Waals surface area contributed by atoms with Gasteiger partial charge in [0.2, 0.25) is 21.8 Å². The Bertz CT molecular complexity index is 1000. The van der Waals surface area contributed by atoms with E-state index in [9.17, 15) is 18.0 Å². The largest absolute Gasteiger partial charge is 0.354 e. The van der Waals surface area contributed by atoms with Crippen LogP contribution in [0, 0.1) is 0 Å². The van der Waals surface area contributed by atoms with E-state index in [0.29, 0.717) is 37.8 Å². The van der Waals surface area contributed by atoms with Gasteiger partial charge in [-0.2, -0.15) is 4.31 Å². The standard InChI is InChI=1S/C25H38N4O4S/c1-19(30)29-23-12-11-22(34(32,33)28-15-6-7-16-28)17-20(23)18-24(29)25(31)26-13-8-14-27(2)21-9-4-3-5-10-21/h11-12,17,21,24H,3-10,13-16,18H2,1-2H3,(H,26,31)/t24-/m1/s1. The lowest BCUT2D eigenvalue weighted by atomic mass is 9.94. The van der Waals surface area contributed by atoms with Crippen molar-refractivity contribution in [1.29, 1.82) is 0 Å². The third-order valence-corrected chi connectivity index (χ3v) is 9.46. The van der Waals surface area contributed by atoms with Crippen LogP contribution < -0.4 is 10.2 Å². The molecule has 9 heteroatoms. The first-order valence-electron chi connectivity index (χ1n) is 12.7. The number of benzene rings is 1. The van der Waals surface area contributed by atoms with E-state index in [0.717, 1.165) is 31.4 Å². The van der Waals surface area contributed by atoms with Crippen molar-refractivity contribution in [3.8, 4) is 0 Å². The molecule has 3 aliphatic rings. The van der Waals surface area contributed by atoms with Crippen LogP contribution in [0.2, 0.25) is 0 Å². The molecule has 0 spiro atoms. The smallest absolute Gasteiger partial charge is 0.243 e. The zero-order valence-electron chi connectivity index (χ0n) is 20.5. The van der Waals surface area contributed by atoms with Crippen molar-refractivity contribution in [3.05, 3.63) is 23.8 Å². The number of carbonyl (C=O) groups is 2. The van der Waals surface area contributed by atoms with Crippen molar-refractivity contribution >= 4 is 27.5 Å². The number of nitrogens with one attached hydrogen (secondary N) is 1. The molecular formula is C25H38N4O4S. The number of nitrogens with zero attached hydrogens (tertiary/aromatic N) is 3. The van der Waals surface area contributed by atoms with Crippen LogP contribution in [0.1, 0.15) is 63.9 Å². The van der Waals surface area contributed by atoms with Gasteiger partial charge in [-0.25, -0.2) is 8.42 Å². The van der Waals surface area contributed by atoms with Gasteiger partial charge in [0.15, 0.2) is 0 Å². The van der Waals surface area contributed by atoms with Gasteiger partial charge >= 0.3 is 0 Å². The normalized spacial score (nSPS) is 21.7. The number of hydrogen-bond acceptors (Lipinski definition) is 5. The van der Waals surface area contributed by atoms with Crippen molar-refractivity contribution < 1.29 is 18.0 Å². The minimum Gasteiger partial charge on any atom is -0.354 e. The highest BCUT2D eigenvalue weighted by Crippen LogP contribution is 2.35. The molecule has 2 fully saturated rings. The van der Waals surface area contributed by atoms with Gasteiger partial charge in [-0.1, -0.05) is 19.3 Å². The molecular weight excluding hydrogens is 452 g/mol. The van der Waals surface area contributed by atoms with Crippen LogP contribution in [0.5, 0.6) is 0 Å². The molecule has 1 N–H and O–H groups in total. The maximum atomic E-state index is 13.0. The molecule has 34 heavy (non-hydrogen) atoms. The van der Waals surface area contributed by atoms with E-state index in [4.69, 9.17) is 0 Å². The Kier molecular flexibility index (Phi) is 7.94. The second-order valence-electron chi connectivity index (χ2n) is 9.93. The van der Waals surface area contributed by atoms with Gasteiger partial charge in [0.05, 0.1) is 4.90 Å². The fourth-order valence-electron chi connectivity index (χ4n) is 5.63. The van der Waals surface area contributed by atoms with Crippen molar-refractivity contribution in [2.75, 3.05) is 38.1 Å². The summed E-state index contributed by atoms with van der Waals surface area (Å²) < 4.78 is 27.5. The van der Waals surface area contributed by atoms with Crippen molar-refractivity contribution in [3.63, 3.8) is 0 Å². The molecule has 2 heterocycles. The Labute approximate surface area is 203 Å². The highest BCUT2D eigenvalue weighted by atomic mass is 32.2. The zero-order chi connectivity index (χ0) is 24.3. The number of anilines is 1. The summed E-state index contributed by atoms with van der Waals surface area (Å²) in [6.07, 6.45) is 9.39. The summed E-state index contributed by atoms with van der Waals surface area (Å²) >= 11 is 0. The van der Waals surface area contributed by atoms with E-state index in [-0.39, 0.29) is 16.7 Å². The van der Waals surface area contributed by atoms with E-state index >= 15 is 0 Å². The molecule has 188 valence electrons. The van der Waals surface area contributed by atoms with E-state index in [1.165, 1.54) is 48.2 Å². The van der Waals surface area contributed by atoms with Gasteiger partial charge in [-0.15, -0.1) is 0 Å². The maximum Gasteiger partial charge on any atom is 0.243 e. The van der Waals surface area contributed by atoms with Crippen LogP contribution in [0.15, 0.2) is 23.1 Å². The van der Waals surface area contributed by atoms with Gasteiger partial charge in [0.25, 0.3) is 0 Å².